The Labute approximate surface area is 397 Å². The van der Waals surface area contributed by atoms with E-state index in [0.29, 0.717) is 70.8 Å². The van der Waals surface area contributed by atoms with Crippen molar-refractivity contribution in [1.29, 1.82) is 0 Å². The van der Waals surface area contributed by atoms with Gasteiger partial charge in [0.05, 0.1) is 68.2 Å². The van der Waals surface area contributed by atoms with Crippen LogP contribution in [0.1, 0.15) is 99.8 Å². The van der Waals surface area contributed by atoms with E-state index in [1.54, 1.807) is 12.1 Å². The second-order valence-electron chi connectivity index (χ2n) is 17.1. The maximum absolute atomic E-state index is 14.1. The van der Waals surface area contributed by atoms with Crippen LogP contribution >= 0.6 is 0 Å². The van der Waals surface area contributed by atoms with Gasteiger partial charge in [-0.2, -0.15) is 0 Å². The fourth-order valence-corrected chi connectivity index (χ4v) is 8.07. The highest BCUT2D eigenvalue weighted by Gasteiger charge is 2.32. The zero-order chi connectivity index (χ0) is 48.4. The van der Waals surface area contributed by atoms with Crippen molar-refractivity contribution >= 4 is 35.4 Å². The lowest BCUT2D eigenvalue weighted by Crippen LogP contribution is -2.32. The average molecular weight is 931 g/mol. The SMILES string of the molecule is Cc1cccc(-c2cccc(CN3Cc4cccc(n4)-c4cccc(n4)CN(C)Cc4cc(C(=O)O)cc(n4)-c4cc(C(=O)CCCNC(=O)CCCC(=O)ON5C(=O)CCC5=O)cc(n4)C3)n2)n1. The van der Waals surface area contributed by atoms with Crippen LogP contribution in [-0.4, -0.2) is 98.9 Å². The third-order valence-electron chi connectivity index (χ3n) is 11.3. The molecule has 1 fully saturated rings. The number of hydroxylamine groups is 2. The number of hydrogen-bond donors (Lipinski definition) is 2. The van der Waals surface area contributed by atoms with E-state index < -0.39 is 23.8 Å². The number of amides is 3. The van der Waals surface area contributed by atoms with Crippen molar-refractivity contribution in [2.24, 2.45) is 0 Å². The Morgan fingerprint density at radius 1 is 0.609 bits per heavy atom. The lowest BCUT2D eigenvalue weighted by Gasteiger charge is -2.23. The fourth-order valence-electron chi connectivity index (χ4n) is 8.07. The van der Waals surface area contributed by atoms with E-state index in [-0.39, 0.29) is 81.1 Å². The van der Waals surface area contributed by atoms with E-state index in [1.807, 2.05) is 91.7 Å². The summed E-state index contributed by atoms with van der Waals surface area (Å²) < 4.78 is 0. The largest absolute Gasteiger partial charge is 0.478 e. The number of nitrogens with one attached hydrogen (secondary N) is 1. The van der Waals surface area contributed by atoms with Crippen molar-refractivity contribution in [2.75, 3.05) is 13.6 Å². The molecule has 8 rings (SSSR count). The number of rotatable bonds is 14. The number of imide groups is 1. The smallest absolute Gasteiger partial charge is 0.335 e. The van der Waals surface area contributed by atoms with Crippen LogP contribution in [0, 0.1) is 6.92 Å². The molecule has 0 unspecified atom stereocenters. The van der Waals surface area contributed by atoms with Crippen LogP contribution in [0.4, 0.5) is 0 Å². The number of Topliss-reactive ketones (excluding diaryl/α,β-unsaturated/α-hetero) is 1. The molecule has 352 valence electrons. The first kappa shape index (κ1) is 47.5. The molecule has 2 N–H and O–H groups in total. The molecule has 0 atom stereocenters. The molecule has 6 aromatic heterocycles. The van der Waals surface area contributed by atoms with Crippen molar-refractivity contribution in [1.82, 2.24) is 50.1 Å². The van der Waals surface area contributed by atoms with Gasteiger partial charge >= 0.3 is 11.9 Å². The van der Waals surface area contributed by atoms with Gasteiger partial charge in [0, 0.05) is 82.6 Å². The summed E-state index contributed by atoms with van der Waals surface area (Å²) in [6.45, 7) is 3.77. The lowest BCUT2D eigenvalue weighted by molar-refractivity contribution is -0.197. The second-order valence-corrected chi connectivity index (χ2v) is 17.1. The Morgan fingerprint density at radius 2 is 1.16 bits per heavy atom. The predicted octanol–water partition coefficient (Wildman–Crippen LogP) is 6.07. The molecule has 69 heavy (non-hydrogen) atoms. The summed E-state index contributed by atoms with van der Waals surface area (Å²) >= 11 is 0. The van der Waals surface area contributed by atoms with E-state index in [2.05, 4.69) is 15.2 Å². The Balaban J connectivity index is 1.07. The summed E-state index contributed by atoms with van der Waals surface area (Å²) in [5.74, 6) is -3.65. The molecular formula is C51H50N10O8. The van der Waals surface area contributed by atoms with Gasteiger partial charge in [-0.3, -0.25) is 34.0 Å². The van der Waals surface area contributed by atoms with Crippen molar-refractivity contribution < 1.29 is 38.7 Å². The minimum absolute atomic E-state index is 0.00912. The van der Waals surface area contributed by atoms with Gasteiger partial charge in [0.15, 0.2) is 5.78 Å². The van der Waals surface area contributed by atoms with Gasteiger partial charge in [-0.15, -0.1) is 5.06 Å². The third-order valence-corrected chi connectivity index (χ3v) is 11.3. The first-order chi connectivity index (χ1) is 33.3. The van der Waals surface area contributed by atoms with Crippen molar-refractivity contribution in [3.63, 3.8) is 0 Å². The highest BCUT2D eigenvalue weighted by atomic mass is 16.7. The molecule has 8 bridgehead atoms. The number of nitrogens with zero attached hydrogens (tertiary/aromatic N) is 9. The first-order valence-electron chi connectivity index (χ1n) is 22.7. The van der Waals surface area contributed by atoms with Crippen molar-refractivity contribution in [3.05, 3.63) is 142 Å². The Morgan fingerprint density at radius 3 is 1.84 bits per heavy atom. The van der Waals surface area contributed by atoms with Crippen molar-refractivity contribution in [2.45, 2.75) is 84.6 Å². The Kier molecular flexibility index (Phi) is 15.0. The van der Waals surface area contributed by atoms with Gasteiger partial charge in [0.25, 0.3) is 11.8 Å². The van der Waals surface area contributed by atoms with Crippen LogP contribution in [0.5, 0.6) is 0 Å². The zero-order valence-electron chi connectivity index (χ0n) is 38.3. The minimum Gasteiger partial charge on any atom is -0.478 e. The standard InChI is InChI=1S/C51H50N10O8/c1-32-9-3-13-40(53-32)41-14-5-11-36(55-41)29-60-30-37-12-6-16-43(56-37)42-15-4-10-35(54-42)27-59(2)28-38-24-34(51(67)68)26-45(57-38)44-25-33(23-39(31-60)58-44)46(62)17-8-22-52-47(63)18-7-19-50(66)69-61-48(64)20-21-49(61)65/h3-6,9-16,23-26H,7-8,17-22,27-31H2,1-2H3,(H,52,63)(H,67,68). The number of carboxylic acids is 1. The summed E-state index contributed by atoms with van der Waals surface area (Å²) in [6, 6.07) is 29.5. The number of carboxylic acid groups (broad SMARTS) is 1. The van der Waals surface area contributed by atoms with Gasteiger partial charge in [0.2, 0.25) is 5.91 Å². The van der Waals surface area contributed by atoms with Crippen LogP contribution in [0.25, 0.3) is 34.2 Å². The number of aromatic nitrogens is 6. The van der Waals surface area contributed by atoms with E-state index in [0.717, 1.165) is 28.5 Å². The zero-order valence-corrected chi connectivity index (χ0v) is 38.3. The minimum atomic E-state index is -1.14. The molecule has 0 aromatic carbocycles. The van der Waals surface area contributed by atoms with Gasteiger partial charge in [-0.1, -0.05) is 24.3 Å². The molecule has 0 radical (unpaired) electrons. The fraction of sp³-hybridized carbons (Fsp3) is 0.294. The highest BCUT2D eigenvalue weighted by molar-refractivity contribution is 6.01. The number of hydrogen-bond acceptors (Lipinski definition) is 15. The molecule has 18 nitrogen and oxygen atoms in total. The lowest BCUT2D eigenvalue weighted by atomic mass is 10.0. The normalized spacial score (nSPS) is 14.2. The molecule has 1 saturated heterocycles. The molecule has 0 spiro atoms. The number of fused-ring (bicyclic) bond motifs is 10. The van der Waals surface area contributed by atoms with Gasteiger partial charge in [0.1, 0.15) is 0 Å². The van der Waals surface area contributed by atoms with E-state index >= 15 is 0 Å². The number of pyridine rings is 6. The van der Waals surface area contributed by atoms with Gasteiger partial charge in [-0.05, 0) is 99.6 Å². The number of carbonyl (C=O) groups is 6. The van der Waals surface area contributed by atoms with E-state index in [4.69, 9.17) is 29.8 Å². The second kappa shape index (κ2) is 21.8. The molecular weight excluding hydrogens is 881 g/mol. The van der Waals surface area contributed by atoms with E-state index in [1.165, 1.54) is 12.1 Å². The molecule has 2 aliphatic rings. The number of ketones is 1. The quantitative estimate of drug-likeness (QED) is 0.0717. The molecule has 8 heterocycles. The maximum atomic E-state index is 14.1. The van der Waals surface area contributed by atoms with Crippen LogP contribution < -0.4 is 5.32 Å². The molecule has 2 aliphatic heterocycles. The van der Waals surface area contributed by atoms with Crippen LogP contribution in [-0.2, 0) is 56.7 Å². The van der Waals surface area contributed by atoms with Crippen LogP contribution in [0.3, 0.4) is 0 Å². The molecule has 3 amide bonds. The third kappa shape index (κ3) is 12.7. The van der Waals surface area contributed by atoms with Crippen molar-refractivity contribution in [3.8, 4) is 34.2 Å². The van der Waals surface area contributed by atoms with Crippen LogP contribution in [0.2, 0.25) is 0 Å². The number of aryl methyl sites for hydroxylation is 1. The molecule has 18 heteroatoms. The van der Waals surface area contributed by atoms with Crippen LogP contribution in [0.15, 0.2) is 97.1 Å². The summed E-state index contributed by atoms with van der Waals surface area (Å²) in [7, 11) is 1.90. The maximum Gasteiger partial charge on any atom is 0.335 e. The van der Waals surface area contributed by atoms with Gasteiger partial charge < -0.3 is 15.3 Å². The average Bonchev–Trinajstić information content (AvgIpc) is 3.64. The Hall–Kier alpha value is -7.96. The molecule has 0 saturated carbocycles. The number of aromatic carboxylic acids is 1. The monoisotopic (exact) mass is 930 g/mol. The predicted molar refractivity (Wildman–Crippen MR) is 250 cm³/mol. The molecule has 6 aromatic rings. The summed E-state index contributed by atoms with van der Waals surface area (Å²) in [5.41, 5.74) is 8.00. The topological polar surface area (TPSA) is 231 Å². The summed E-state index contributed by atoms with van der Waals surface area (Å²) in [6.07, 6.45) is 0.280. The Bertz CT molecular complexity index is 2930. The van der Waals surface area contributed by atoms with Gasteiger partial charge in [-0.25, -0.2) is 34.5 Å². The molecule has 0 aliphatic carbocycles. The summed E-state index contributed by atoms with van der Waals surface area (Å²) in [5, 5.41) is 13.5. The van der Waals surface area contributed by atoms with E-state index in [9.17, 15) is 33.9 Å². The summed E-state index contributed by atoms with van der Waals surface area (Å²) in [4.78, 5) is 113. The first-order valence-corrected chi connectivity index (χ1v) is 22.7. The number of carbonyl (C=O) groups excluding carboxylic acids is 5. The highest BCUT2D eigenvalue weighted by Crippen LogP contribution is 2.26.